The van der Waals surface area contributed by atoms with Crippen molar-refractivity contribution in [3.63, 3.8) is 0 Å². The van der Waals surface area contributed by atoms with Crippen molar-refractivity contribution in [2.45, 2.75) is 19.9 Å². The van der Waals surface area contributed by atoms with Gasteiger partial charge < -0.3 is 10.2 Å². The van der Waals surface area contributed by atoms with Gasteiger partial charge in [0.05, 0.1) is 16.8 Å². The highest BCUT2D eigenvalue weighted by Gasteiger charge is 2.33. The van der Waals surface area contributed by atoms with E-state index in [1.165, 1.54) is 43.3 Å². The summed E-state index contributed by atoms with van der Waals surface area (Å²) in [5.74, 6) is -1.79. The van der Waals surface area contributed by atoms with Crippen LogP contribution in [0.3, 0.4) is 0 Å². The van der Waals surface area contributed by atoms with Crippen molar-refractivity contribution in [1.29, 1.82) is 5.26 Å². The van der Waals surface area contributed by atoms with E-state index < -0.39 is 23.0 Å². The van der Waals surface area contributed by atoms with Crippen LogP contribution in [0.1, 0.15) is 48.5 Å². The predicted molar refractivity (Wildman–Crippen MR) is 138 cm³/mol. The summed E-state index contributed by atoms with van der Waals surface area (Å²) in [6.07, 6.45) is 0.424. The van der Waals surface area contributed by atoms with E-state index in [9.17, 15) is 29.9 Å². The molecule has 0 aliphatic heterocycles. The molecule has 0 amide bonds. The number of carbonyl (C=O) groups is 2. The Bertz CT molecular complexity index is 1760. The maximum atomic E-state index is 13.3. The number of pyridine rings is 1. The zero-order chi connectivity index (χ0) is 27.0. The van der Waals surface area contributed by atoms with Gasteiger partial charge in [0.2, 0.25) is 5.88 Å². The van der Waals surface area contributed by atoms with Crippen molar-refractivity contribution in [3.05, 3.63) is 116 Å². The number of phenolic OH excluding ortho intramolecular Hbond substituents is 1. The molecule has 4 aromatic rings. The third-order valence-electron chi connectivity index (χ3n) is 6.52. The van der Waals surface area contributed by atoms with E-state index in [1.54, 1.807) is 0 Å². The SMILES string of the molecule is Cc1c(/N=N/c2cccc3c2C(=O)c2cccc(O)c2C3=O)c(O)n(CCc2ccccc2)c(=O)c1C#N. The Morgan fingerprint density at radius 1 is 0.842 bits per heavy atom. The maximum absolute atomic E-state index is 13.3. The molecule has 9 nitrogen and oxygen atoms in total. The Labute approximate surface area is 216 Å². The molecule has 5 rings (SSSR count). The van der Waals surface area contributed by atoms with Gasteiger partial charge in [0, 0.05) is 23.2 Å². The summed E-state index contributed by atoms with van der Waals surface area (Å²) >= 11 is 0. The monoisotopic (exact) mass is 504 g/mol. The van der Waals surface area contributed by atoms with Crippen LogP contribution in [0.15, 0.2) is 81.8 Å². The van der Waals surface area contributed by atoms with Crippen molar-refractivity contribution in [2.24, 2.45) is 10.2 Å². The van der Waals surface area contributed by atoms with Gasteiger partial charge in [-0.2, -0.15) is 5.26 Å². The highest BCUT2D eigenvalue weighted by atomic mass is 16.3. The lowest BCUT2D eigenvalue weighted by Gasteiger charge is -2.19. The van der Waals surface area contributed by atoms with Crippen LogP contribution in [0.4, 0.5) is 11.4 Å². The number of aromatic hydroxyl groups is 2. The van der Waals surface area contributed by atoms with Crippen LogP contribution in [0.2, 0.25) is 0 Å². The molecule has 0 saturated carbocycles. The summed E-state index contributed by atoms with van der Waals surface area (Å²) < 4.78 is 1.07. The van der Waals surface area contributed by atoms with Gasteiger partial charge in [-0.05, 0) is 31.0 Å². The molecule has 0 unspecified atom stereocenters. The summed E-state index contributed by atoms with van der Waals surface area (Å²) in [4.78, 5) is 39.3. The highest BCUT2D eigenvalue weighted by Crippen LogP contribution is 2.38. The van der Waals surface area contributed by atoms with Gasteiger partial charge in [-0.25, -0.2) is 0 Å². The molecule has 38 heavy (non-hydrogen) atoms. The van der Waals surface area contributed by atoms with Crippen LogP contribution in [0.5, 0.6) is 11.6 Å². The Morgan fingerprint density at radius 2 is 1.50 bits per heavy atom. The van der Waals surface area contributed by atoms with Gasteiger partial charge in [0.1, 0.15) is 17.4 Å². The first-order valence-corrected chi connectivity index (χ1v) is 11.7. The summed E-state index contributed by atoms with van der Waals surface area (Å²) in [6.45, 7) is 1.57. The van der Waals surface area contributed by atoms with Crippen molar-refractivity contribution in [2.75, 3.05) is 0 Å². The quantitative estimate of drug-likeness (QED) is 0.327. The smallest absolute Gasteiger partial charge is 0.271 e. The Kier molecular flexibility index (Phi) is 6.15. The minimum Gasteiger partial charge on any atom is -0.507 e. The third-order valence-corrected chi connectivity index (χ3v) is 6.52. The molecule has 0 bridgehead atoms. The number of phenols is 1. The molecular formula is C29H20N4O5. The van der Waals surface area contributed by atoms with Gasteiger partial charge in [-0.1, -0.05) is 54.6 Å². The standard InChI is InChI=1S/C29H20N4O5/c1-16-20(15-30)28(37)33(14-13-17-7-3-2-4-8-17)29(38)25(16)32-31-21-11-5-9-18-23(21)26(35)19-10-6-12-22(34)24(19)27(18)36/h2-12,34,38H,13-14H2,1H3/b32-31+. The summed E-state index contributed by atoms with van der Waals surface area (Å²) in [6, 6.07) is 20.0. The number of nitriles is 1. The van der Waals surface area contributed by atoms with Gasteiger partial charge in [0.15, 0.2) is 17.3 Å². The molecule has 0 radical (unpaired) electrons. The first-order chi connectivity index (χ1) is 18.3. The number of carbonyl (C=O) groups excluding carboxylic acids is 2. The first kappa shape index (κ1) is 24.3. The number of aromatic nitrogens is 1. The van der Waals surface area contributed by atoms with Crippen LogP contribution in [-0.4, -0.2) is 26.3 Å². The molecular weight excluding hydrogens is 484 g/mol. The molecule has 2 N–H and O–H groups in total. The van der Waals surface area contributed by atoms with Crippen molar-refractivity contribution in [3.8, 4) is 17.7 Å². The van der Waals surface area contributed by atoms with Crippen LogP contribution in [0, 0.1) is 18.3 Å². The van der Waals surface area contributed by atoms with Gasteiger partial charge >= 0.3 is 0 Å². The molecule has 186 valence electrons. The molecule has 1 aliphatic rings. The number of benzene rings is 3. The topological polar surface area (TPSA) is 145 Å². The molecule has 1 aliphatic carbocycles. The molecule has 0 fully saturated rings. The van der Waals surface area contributed by atoms with Crippen LogP contribution >= 0.6 is 0 Å². The van der Waals surface area contributed by atoms with E-state index >= 15 is 0 Å². The Morgan fingerprint density at radius 3 is 2.21 bits per heavy atom. The molecule has 0 atom stereocenters. The molecule has 9 heteroatoms. The molecule has 1 heterocycles. The second-order valence-electron chi connectivity index (χ2n) is 8.73. The van der Waals surface area contributed by atoms with E-state index in [-0.39, 0.29) is 57.0 Å². The van der Waals surface area contributed by atoms with Crippen LogP contribution in [-0.2, 0) is 13.0 Å². The number of ketones is 2. The van der Waals surface area contributed by atoms with E-state index in [1.807, 2.05) is 36.4 Å². The van der Waals surface area contributed by atoms with Gasteiger partial charge in [-0.15, -0.1) is 10.2 Å². The lowest BCUT2D eigenvalue weighted by Crippen LogP contribution is -2.24. The highest BCUT2D eigenvalue weighted by molar-refractivity contribution is 6.30. The second kappa shape index (κ2) is 9.59. The number of nitrogens with zero attached hydrogens (tertiary/aromatic N) is 4. The first-order valence-electron chi connectivity index (χ1n) is 11.7. The third kappa shape index (κ3) is 3.94. The average molecular weight is 505 g/mol. The van der Waals surface area contributed by atoms with E-state index in [4.69, 9.17) is 0 Å². The normalized spacial score (nSPS) is 12.3. The number of rotatable bonds is 5. The molecule has 0 saturated heterocycles. The molecule has 0 spiro atoms. The minimum atomic E-state index is -0.647. The largest absolute Gasteiger partial charge is 0.507 e. The number of azo groups is 1. The average Bonchev–Trinajstić information content (AvgIpc) is 2.92. The maximum Gasteiger partial charge on any atom is 0.271 e. The van der Waals surface area contributed by atoms with Gasteiger partial charge in [0.25, 0.3) is 5.56 Å². The zero-order valence-electron chi connectivity index (χ0n) is 20.2. The Balaban J connectivity index is 1.59. The van der Waals surface area contributed by atoms with E-state index in [2.05, 4.69) is 10.2 Å². The fourth-order valence-electron chi connectivity index (χ4n) is 4.54. The fraction of sp³-hybridized carbons (Fsp3) is 0.103. The molecule has 1 aromatic heterocycles. The van der Waals surface area contributed by atoms with E-state index in [0.29, 0.717) is 6.42 Å². The number of fused-ring (bicyclic) bond motifs is 2. The van der Waals surface area contributed by atoms with Crippen molar-refractivity contribution in [1.82, 2.24) is 4.57 Å². The predicted octanol–water partition coefficient (Wildman–Crippen LogP) is 4.87. The van der Waals surface area contributed by atoms with E-state index in [0.717, 1.165) is 10.1 Å². The summed E-state index contributed by atoms with van der Waals surface area (Å²) in [5.41, 5.74) is 0.253. The van der Waals surface area contributed by atoms with Gasteiger partial charge in [-0.3, -0.25) is 19.0 Å². The van der Waals surface area contributed by atoms with Crippen molar-refractivity contribution < 1.29 is 19.8 Å². The number of aryl methyl sites for hydroxylation is 1. The lowest BCUT2D eigenvalue weighted by molar-refractivity contribution is 0.0977. The molecule has 3 aromatic carbocycles. The summed E-state index contributed by atoms with van der Waals surface area (Å²) in [7, 11) is 0. The van der Waals surface area contributed by atoms with Crippen LogP contribution < -0.4 is 5.56 Å². The summed E-state index contributed by atoms with van der Waals surface area (Å²) in [5, 5.41) is 39.1. The Hall–Kier alpha value is -5.36. The minimum absolute atomic E-state index is 0.00870. The second-order valence-corrected chi connectivity index (χ2v) is 8.73. The lowest BCUT2D eigenvalue weighted by atomic mass is 9.83. The van der Waals surface area contributed by atoms with Crippen LogP contribution in [0.25, 0.3) is 0 Å². The fourth-order valence-corrected chi connectivity index (χ4v) is 4.54. The van der Waals surface area contributed by atoms with Crippen molar-refractivity contribution >= 4 is 22.9 Å². The number of hydrogen-bond donors (Lipinski definition) is 2. The number of hydrogen-bond acceptors (Lipinski definition) is 8. The zero-order valence-corrected chi connectivity index (χ0v) is 20.2.